The van der Waals surface area contributed by atoms with Crippen molar-refractivity contribution in [2.75, 3.05) is 26.3 Å². The van der Waals surface area contributed by atoms with Crippen LogP contribution in [0.1, 0.15) is 36.0 Å². The largest absolute Gasteiger partial charge is 0.387 e. The van der Waals surface area contributed by atoms with E-state index in [0.717, 1.165) is 12.5 Å². The van der Waals surface area contributed by atoms with Gasteiger partial charge >= 0.3 is 0 Å². The van der Waals surface area contributed by atoms with Gasteiger partial charge in [-0.25, -0.2) is 0 Å². The number of nitrogens with zero attached hydrogens (tertiary/aromatic N) is 1. The lowest BCUT2D eigenvalue weighted by molar-refractivity contribution is -0.133. The first-order chi connectivity index (χ1) is 10.3. The minimum atomic E-state index is -0.394. The highest BCUT2D eigenvalue weighted by molar-refractivity contribution is 5.77. The smallest absolute Gasteiger partial charge is 0.248 e. The van der Waals surface area contributed by atoms with Gasteiger partial charge in [0.1, 0.15) is 6.61 Å². The molecular weight excluding hydrogens is 266 g/mol. The molecule has 0 radical (unpaired) electrons. The van der Waals surface area contributed by atoms with Gasteiger partial charge in [-0.2, -0.15) is 0 Å². The molecule has 2 aliphatic carbocycles. The molecule has 0 unspecified atom stereocenters. The number of fused-ring (bicyclic) bond motifs is 3. The van der Waals surface area contributed by atoms with Crippen molar-refractivity contribution in [2.24, 2.45) is 11.8 Å². The molecule has 0 spiro atoms. The molecule has 1 heterocycles. The summed E-state index contributed by atoms with van der Waals surface area (Å²) in [6.07, 6.45) is 2.69. The summed E-state index contributed by atoms with van der Waals surface area (Å²) in [6, 6.07) is 8.48. The number of ether oxygens (including phenoxy) is 1. The second-order valence-electron chi connectivity index (χ2n) is 6.55. The van der Waals surface area contributed by atoms with E-state index in [0.29, 0.717) is 24.9 Å². The van der Waals surface area contributed by atoms with Crippen molar-refractivity contribution >= 4 is 5.91 Å². The zero-order valence-electron chi connectivity index (χ0n) is 12.1. The highest BCUT2D eigenvalue weighted by atomic mass is 16.5. The number of likely N-dealkylation sites (tertiary alicyclic amines) is 1. The Labute approximate surface area is 124 Å². The average molecular weight is 287 g/mol. The molecule has 21 heavy (non-hydrogen) atoms. The average Bonchev–Trinajstić information content (AvgIpc) is 3.16. The van der Waals surface area contributed by atoms with E-state index in [4.69, 9.17) is 9.84 Å². The summed E-state index contributed by atoms with van der Waals surface area (Å²) in [4.78, 5) is 13.6. The third kappa shape index (κ3) is 2.27. The number of hydrogen-bond donors (Lipinski definition) is 1. The van der Waals surface area contributed by atoms with E-state index in [1.165, 1.54) is 24.0 Å². The molecule has 0 bridgehead atoms. The number of rotatable bonds is 4. The highest BCUT2D eigenvalue weighted by Crippen LogP contribution is 2.51. The number of benzene rings is 1. The zero-order valence-corrected chi connectivity index (χ0v) is 12.1. The van der Waals surface area contributed by atoms with Gasteiger partial charge in [0.2, 0.25) is 5.91 Å². The second-order valence-corrected chi connectivity index (χ2v) is 6.55. The highest BCUT2D eigenvalue weighted by Gasteiger charge is 2.48. The van der Waals surface area contributed by atoms with Crippen LogP contribution in [0, 0.1) is 11.8 Å². The van der Waals surface area contributed by atoms with Crippen LogP contribution in [0.15, 0.2) is 24.3 Å². The van der Waals surface area contributed by atoms with E-state index < -0.39 is 6.61 Å². The van der Waals surface area contributed by atoms with E-state index in [1.54, 1.807) is 4.90 Å². The molecule has 1 aliphatic heterocycles. The fraction of sp³-hybridized carbons (Fsp3) is 0.588. The molecule has 1 aromatic carbocycles. The summed E-state index contributed by atoms with van der Waals surface area (Å²) in [5.74, 6) is 1.29. The van der Waals surface area contributed by atoms with Gasteiger partial charge in [0, 0.05) is 24.9 Å². The van der Waals surface area contributed by atoms with Gasteiger partial charge < -0.3 is 14.7 Å². The third-order valence-corrected chi connectivity index (χ3v) is 5.15. The Kier molecular flexibility index (Phi) is 3.23. The molecule has 3 atom stereocenters. The Morgan fingerprint density at radius 2 is 2.00 bits per heavy atom. The van der Waals surface area contributed by atoms with Crippen LogP contribution < -0.4 is 0 Å². The summed E-state index contributed by atoms with van der Waals surface area (Å²) in [7, 11) is 0. The Morgan fingerprint density at radius 1 is 1.24 bits per heavy atom. The van der Waals surface area contributed by atoms with Crippen molar-refractivity contribution in [3.63, 3.8) is 0 Å². The Hall–Kier alpha value is -1.39. The fourth-order valence-electron chi connectivity index (χ4n) is 3.84. The van der Waals surface area contributed by atoms with Crippen LogP contribution >= 0.6 is 0 Å². The summed E-state index contributed by atoms with van der Waals surface area (Å²) in [5, 5.41) is 9.08. The number of amides is 1. The van der Waals surface area contributed by atoms with Crippen LogP contribution in [0.2, 0.25) is 0 Å². The SMILES string of the molecule is O=C(CO)N1C[C@H]2[C@@H](C1)c1ccccc1[C@@H]2OCC1CC1. The maximum Gasteiger partial charge on any atom is 0.248 e. The molecule has 0 aromatic heterocycles. The number of hydrogen-bond acceptors (Lipinski definition) is 3. The first kappa shape index (κ1) is 13.3. The Bertz CT molecular complexity index is 555. The normalized spacial score (nSPS) is 30.3. The topological polar surface area (TPSA) is 49.8 Å². The first-order valence-corrected chi connectivity index (χ1v) is 7.87. The third-order valence-electron chi connectivity index (χ3n) is 5.15. The summed E-state index contributed by atoms with van der Waals surface area (Å²) >= 11 is 0. The standard InChI is InChI=1S/C17H21NO3/c19-9-16(20)18-7-14-12-3-1-2-4-13(12)17(15(14)8-18)21-10-11-5-6-11/h1-4,11,14-15,17,19H,5-10H2/t14-,15-,17-/m0/s1. The monoisotopic (exact) mass is 287 g/mol. The van der Waals surface area contributed by atoms with Gasteiger partial charge in [0.05, 0.1) is 12.7 Å². The fourth-order valence-corrected chi connectivity index (χ4v) is 3.84. The van der Waals surface area contributed by atoms with Crippen molar-refractivity contribution in [1.82, 2.24) is 4.90 Å². The van der Waals surface area contributed by atoms with E-state index in [-0.39, 0.29) is 12.0 Å². The van der Waals surface area contributed by atoms with Crippen LogP contribution in [-0.4, -0.2) is 42.2 Å². The maximum atomic E-state index is 11.8. The molecule has 1 amide bonds. The quantitative estimate of drug-likeness (QED) is 0.917. The molecule has 1 saturated carbocycles. The van der Waals surface area contributed by atoms with Crippen LogP contribution in [0.3, 0.4) is 0 Å². The van der Waals surface area contributed by atoms with Gasteiger partial charge in [-0.05, 0) is 29.9 Å². The second kappa shape index (κ2) is 5.11. The molecule has 1 aromatic rings. The minimum absolute atomic E-state index is 0.114. The summed E-state index contributed by atoms with van der Waals surface area (Å²) in [6.45, 7) is 1.86. The summed E-state index contributed by atoms with van der Waals surface area (Å²) in [5.41, 5.74) is 2.64. The van der Waals surface area contributed by atoms with Gasteiger partial charge in [0.15, 0.2) is 0 Å². The van der Waals surface area contributed by atoms with E-state index in [9.17, 15) is 4.79 Å². The number of aliphatic hydroxyl groups excluding tert-OH is 1. The van der Waals surface area contributed by atoms with Crippen molar-refractivity contribution in [3.05, 3.63) is 35.4 Å². The molecular formula is C17H21NO3. The van der Waals surface area contributed by atoms with Crippen LogP contribution in [0.4, 0.5) is 0 Å². The van der Waals surface area contributed by atoms with Gasteiger partial charge in [0.25, 0.3) is 0 Å². The van der Waals surface area contributed by atoms with Crippen molar-refractivity contribution < 1.29 is 14.6 Å². The van der Waals surface area contributed by atoms with E-state index in [1.807, 2.05) is 0 Å². The van der Waals surface area contributed by atoms with Crippen LogP contribution in [0.25, 0.3) is 0 Å². The predicted molar refractivity (Wildman–Crippen MR) is 77.8 cm³/mol. The van der Waals surface area contributed by atoms with Gasteiger partial charge in [-0.15, -0.1) is 0 Å². The molecule has 4 heteroatoms. The molecule has 4 rings (SSSR count). The lowest BCUT2D eigenvalue weighted by Crippen LogP contribution is -2.32. The molecule has 1 N–H and O–H groups in total. The van der Waals surface area contributed by atoms with Crippen molar-refractivity contribution in [1.29, 1.82) is 0 Å². The summed E-state index contributed by atoms with van der Waals surface area (Å²) < 4.78 is 6.23. The van der Waals surface area contributed by atoms with Crippen molar-refractivity contribution in [2.45, 2.75) is 24.9 Å². The van der Waals surface area contributed by atoms with Crippen molar-refractivity contribution in [3.8, 4) is 0 Å². The lowest BCUT2D eigenvalue weighted by atomic mass is 9.96. The predicted octanol–water partition coefficient (Wildman–Crippen LogP) is 1.70. The van der Waals surface area contributed by atoms with E-state index >= 15 is 0 Å². The number of carbonyl (C=O) groups excluding carboxylic acids is 1. The van der Waals surface area contributed by atoms with Crippen LogP contribution in [0.5, 0.6) is 0 Å². The lowest BCUT2D eigenvalue weighted by Gasteiger charge is -2.22. The van der Waals surface area contributed by atoms with Crippen LogP contribution in [-0.2, 0) is 9.53 Å². The maximum absolute atomic E-state index is 11.8. The molecule has 3 aliphatic rings. The molecule has 1 saturated heterocycles. The number of carbonyl (C=O) groups is 1. The molecule has 4 nitrogen and oxygen atoms in total. The molecule has 112 valence electrons. The Balaban J connectivity index is 1.58. The Morgan fingerprint density at radius 3 is 2.71 bits per heavy atom. The number of aliphatic hydroxyl groups is 1. The van der Waals surface area contributed by atoms with E-state index in [2.05, 4.69) is 24.3 Å². The van der Waals surface area contributed by atoms with Gasteiger partial charge in [-0.1, -0.05) is 24.3 Å². The first-order valence-electron chi connectivity index (χ1n) is 7.87. The molecule has 2 fully saturated rings. The van der Waals surface area contributed by atoms with Gasteiger partial charge in [-0.3, -0.25) is 4.79 Å². The minimum Gasteiger partial charge on any atom is -0.387 e. The zero-order chi connectivity index (χ0) is 14.4.